The zero-order valence-electron chi connectivity index (χ0n) is 85.1. The van der Waals surface area contributed by atoms with E-state index in [1.807, 2.05) is 0 Å². The number of fused-ring (bicyclic) bond motifs is 4. The predicted octanol–water partition coefficient (Wildman–Crippen LogP) is 36.5. The van der Waals surface area contributed by atoms with Crippen LogP contribution in [0.5, 0.6) is 0 Å². The molecule has 142 heavy (non-hydrogen) atoms. The number of allylic oxidation sites excluding steroid dienone is 12. The van der Waals surface area contributed by atoms with Crippen LogP contribution in [0.3, 0.4) is 0 Å². The Labute approximate surface area is 844 Å². The van der Waals surface area contributed by atoms with Gasteiger partial charge in [-0.1, -0.05) is 406 Å². The van der Waals surface area contributed by atoms with Gasteiger partial charge in [-0.2, -0.15) is 0 Å². The molecular formula is C138H132BN3. The average molecular weight is 1840 g/mol. The molecular weight excluding hydrogens is 1710 g/mol. The molecule has 0 saturated heterocycles. The third-order valence-electron chi connectivity index (χ3n) is 34.7. The highest BCUT2D eigenvalue weighted by Crippen LogP contribution is 2.63. The summed E-state index contributed by atoms with van der Waals surface area (Å²) in [6, 6.07) is 128. The van der Waals surface area contributed by atoms with Crippen LogP contribution in [-0.2, 0) is 18.3 Å². The first kappa shape index (κ1) is 89.8. The molecule has 25 rings (SSSR count). The fourth-order valence-electron chi connectivity index (χ4n) is 27.0. The van der Waals surface area contributed by atoms with Crippen LogP contribution >= 0.6 is 0 Å². The molecule has 2 saturated carbocycles. The van der Waals surface area contributed by atoms with Crippen molar-refractivity contribution in [3.63, 3.8) is 0 Å². The van der Waals surface area contributed by atoms with Gasteiger partial charge in [0.05, 0.1) is 17.1 Å². The minimum Gasteiger partial charge on any atom is -0.310 e. The van der Waals surface area contributed by atoms with Gasteiger partial charge in [0.25, 0.3) is 6.71 Å². The Hall–Kier alpha value is -13.5. The Morgan fingerprint density at radius 3 is 1.27 bits per heavy atom. The summed E-state index contributed by atoms with van der Waals surface area (Å²) in [5.74, 6) is 2.62. The molecule has 4 heteroatoms. The number of rotatable bonds is 15. The lowest BCUT2D eigenvalue weighted by Crippen LogP contribution is -2.61. The van der Waals surface area contributed by atoms with Crippen molar-refractivity contribution in [3.05, 3.63) is 425 Å². The third kappa shape index (κ3) is 15.8. The topological polar surface area (TPSA) is 9.72 Å². The second-order valence-corrected chi connectivity index (χ2v) is 47.5. The van der Waals surface area contributed by atoms with Gasteiger partial charge in [0, 0.05) is 68.2 Å². The van der Waals surface area contributed by atoms with Crippen molar-refractivity contribution in [3.8, 4) is 77.9 Å². The van der Waals surface area contributed by atoms with Crippen molar-refractivity contribution in [2.24, 2.45) is 39.9 Å². The van der Waals surface area contributed by atoms with E-state index in [0.29, 0.717) is 29.6 Å². The molecule has 0 bridgehead atoms. The second-order valence-electron chi connectivity index (χ2n) is 47.5. The molecule has 0 amide bonds. The van der Waals surface area contributed by atoms with Crippen LogP contribution in [0, 0.1) is 39.9 Å². The van der Waals surface area contributed by atoms with Gasteiger partial charge in [0.1, 0.15) is 0 Å². The number of hydrogen-bond donors (Lipinski definition) is 0. The van der Waals surface area contributed by atoms with E-state index >= 15 is 0 Å². The predicted molar refractivity (Wildman–Crippen MR) is 606 cm³/mol. The molecule has 3 nitrogen and oxygen atoms in total. The van der Waals surface area contributed by atoms with Gasteiger partial charge >= 0.3 is 0 Å². The quantitative estimate of drug-likeness (QED) is 0.0947. The normalized spacial score (nSPS) is 19.2. The molecule has 0 N–H and O–H groups in total. The highest BCUT2D eigenvalue weighted by atomic mass is 15.2. The van der Waals surface area contributed by atoms with Gasteiger partial charge in [0.15, 0.2) is 0 Å². The monoisotopic (exact) mass is 1840 g/mol. The van der Waals surface area contributed by atoms with Gasteiger partial charge in [0.2, 0.25) is 0 Å². The Morgan fingerprint density at radius 2 is 0.810 bits per heavy atom. The SMILES string of the molecule is CC(C)(C)C1=CC2=CC(c3ccc4c(c3)N(c3c(-c5ccccc5)cc(C5CCCCC5)cc3-c3ccccc3)c3cc(N(c5ccc(-c6ccccc6)cc5)c5ccc(-c6ccccc6)cc5)cc5c3B4c3ccc(-c4cc6cc(C(C)(C)C)cc7c6c6c4CC(C(C)(C)C)CC6CC7)cc3N5c3c(-c4ccccc4)cc(C4CCCCC4)cc3-c3ccccc3)=C3C=C(C(C)(C)C)CC4C=CC(=C1)C2C34. The molecule has 702 valence electrons. The number of benzene rings is 15. The molecule has 8 aliphatic carbocycles. The van der Waals surface area contributed by atoms with E-state index < -0.39 is 0 Å². The summed E-state index contributed by atoms with van der Waals surface area (Å²) in [6.07, 6.45) is 33.4. The molecule has 5 atom stereocenters. The van der Waals surface area contributed by atoms with E-state index in [1.165, 1.54) is 266 Å². The van der Waals surface area contributed by atoms with Crippen LogP contribution in [0.1, 0.15) is 223 Å². The van der Waals surface area contributed by atoms with Crippen molar-refractivity contribution >= 4 is 90.6 Å². The van der Waals surface area contributed by atoms with Crippen molar-refractivity contribution in [2.45, 2.75) is 203 Å². The summed E-state index contributed by atoms with van der Waals surface area (Å²) in [5, 5.41) is 2.92. The molecule has 15 aromatic rings. The lowest BCUT2D eigenvalue weighted by molar-refractivity contribution is 0.197. The Morgan fingerprint density at radius 1 is 0.352 bits per heavy atom. The van der Waals surface area contributed by atoms with E-state index in [0.717, 1.165) is 47.7 Å². The zero-order chi connectivity index (χ0) is 96.3. The summed E-state index contributed by atoms with van der Waals surface area (Å²) < 4.78 is 0. The maximum atomic E-state index is 2.90. The Kier molecular flexibility index (Phi) is 22.3. The fourth-order valence-corrected chi connectivity index (χ4v) is 27.0. The number of aryl methyl sites for hydroxylation is 1. The highest BCUT2D eigenvalue weighted by Gasteiger charge is 2.50. The molecule has 2 fully saturated rings. The molecule has 0 spiro atoms. The zero-order valence-corrected chi connectivity index (χ0v) is 85.1. The summed E-state index contributed by atoms with van der Waals surface area (Å²) in [5.41, 5.74) is 50.1. The lowest BCUT2D eigenvalue weighted by atomic mass is 9.33. The lowest BCUT2D eigenvalue weighted by Gasteiger charge is -2.48. The van der Waals surface area contributed by atoms with E-state index in [1.54, 1.807) is 11.1 Å². The van der Waals surface area contributed by atoms with Gasteiger partial charge in [-0.05, 0) is 338 Å². The summed E-state index contributed by atoms with van der Waals surface area (Å²) >= 11 is 0. The standard InChI is InChI=1S/C138H132BN3/c1-135(2,3)107-69-99-53-55-101-71-109(137(7,8)9)83-120-114(79-105(73-107)128(99)130(101)120)97-61-67-122-124(81-97)141(133-116(93-45-29-17-30-46-93)75-103(89-41-25-15-26-42-89)76-117(133)94-47-31-18-32-48-94)126-85-113(140(111-63-57-91(58-64-111)87-37-21-13-22-38-87)112-65-59-92(60-66-112)88-39-23-14-24-40-88)86-127-132(126)139(122)123-68-62-98(115-80-106-74-108(136(4,5)6)70-100-54-56-102-72-110(138(10,11)12)84-121(115)131(102)129(100)106)82-125(123)142(127)134-118(95-49-33-19-34-50-95)77-104(90-43-27-16-28-44-90)78-119(134)96-51-35-20-36-52-96/h13-14,17-24,29-40,45-53,55,57-70,73-83,85-86,89-90,101-102,110,128,130H,15-16,25-28,41-44,54,56,71-72,84H2,1-12H3. The number of nitrogens with zero attached hydrogens (tertiary/aromatic N) is 3. The summed E-state index contributed by atoms with van der Waals surface area (Å²) in [4.78, 5) is 8.42. The van der Waals surface area contributed by atoms with Crippen LogP contribution in [0.4, 0.5) is 51.2 Å². The molecule has 5 unspecified atom stereocenters. The van der Waals surface area contributed by atoms with Crippen LogP contribution in [0.2, 0.25) is 0 Å². The van der Waals surface area contributed by atoms with Crippen molar-refractivity contribution in [1.82, 2.24) is 0 Å². The first-order chi connectivity index (χ1) is 68.9. The van der Waals surface area contributed by atoms with E-state index in [-0.39, 0.29) is 40.2 Å². The minimum atomic E-state index is -0.306. The molecule has 0 aromatic heterocycles. The summed E-state index contributed by atoms with van der Waals surface area (Å²) in [7, 11) is 0. The van der Waals surface area contributed by atoms with E-state index in [4.69, 9.17) is 0 Å². The van der Waals surface area contributed by atoms with Gasteiger partial charge < -0.3 is 14.7 Å². The van der Waals surface area contributed by atoms with Crippen LogP contribution in [0.15, 0.2) is 386 Å². The second kappa shape index (κ2) is 35.3. The maximum Gasteiger partial charge on any atom is 0.252 e. The Balaban J connectivity index is 0.865. The van der Waals surface area contributed by atoms with Crippen LogP contribution in [-0.4, -0.2) is 6.71 Å². The maximum absolute atomic E-state index is 2.90. The van der Waals surface area contributed by atoms with Crippen molar-refractivity contribution < 1.29 is 0 Å². The average Bonchev–Trinajstić information content (AvgIpc) is 0.679. The van der Waals surface area contributed by atoms with Gasteiger partial charge in [-0.15, -0.1) is 0 Å². The van der Waals surface area contributed by atoms with Crippen molar-refractivity contribution in [2.75, 3.05) is 14.7 Å². The highest BCUT2D eigenvalue weighted by molar-refractivity contribution is 7.00. The molecule has 15 aromatic carbocycles. The molecule has 10 aliphatic rings. The first-order valence-corrected chi connectivity index (χ1v) is 53.6. The van der Waals surface area contributed by atoms with Gasteiger partial charge in [-0.25, -0.2) is 0 Å². The van der Waals surface area contributed by atoms with Crippen molar-refractivity contribution in [1.29, 1.82) is 0 Å². The van der Waals surface area contributed by atoms with Crippen LogP contribution < -0.4 is 31.1 Å². The molecule has 2 heterocycles. The number of hydrogen-bond acceptors (Lipinski definition) is 3. The summed E-state index contributed by atoms with van der Waals surface area (Å²) in [6.45, 7) is 29.2. The fraction of sp³-hybridized carbons (Fsp3) is 0.275. The number of anilines is 9. The first-order valence-electron chi connectivity index (χ1n) is 53.6. The molecule has 2 aliphatic heterocycles. The van der Waals surface area contributed by atoms with E-state index in [2.05, 4.69) is 456 Å². The van der Waals surface area contributed by atoms with E-state index in [9.17, 15) is 0 Å². The Bertz CT molecular complexity index is 7490. The third-order valence-corrected chi connectivity index (χ3v) is 34.7. The minimum absolute atomic E-state index is 0.0482. The van der Waals surface area contributed by atoms with Crippen LogP contribution in [0.25, 0.3) is 94.2 Å². The largest absolute Gasteiger partial charge is 0.310 e. The van der Waals surface area contributed by atoms with Gasteiger partial charge in [-0.3, -0.25) is 0 Å². The smallest absolute Gasteiger partial charge is 0.252 e. The molecule has 0 radical (unpaired) electrons.